The molecule has 1 aromatic rings. The van der Waals surface area contributed by atoms with Crippen LogP contribution in [0.1, 0.15) is 59.2 Å². The third-order valence-corrected chi connectivity index (χ3v) is 6.58. The second kappa shape index (κ2) is 7.84. The number of hydrogen-bond donors (Lipinski definition) is 3. The molecule has 2 fully saturated rings. The van der Waals surface area contributed by atoms with Gasteiger partial charge in [0.2, 0.25) is 10.0 Å². The zero-order valence-electron chi connectivity index (χ0n) is 14.5. The molecule has 2 aliphatic rings. The lowest BCUT2D eigenvalue weighted by atomic mass is 9.95. The van der Waals surface area contributed by atoms with E-state index in [0.29, 0.717) is 0 Å². The van der Waals surface area contributed by atoms with Gasteiger partial charge in [-0.1, -0.05) is 19.3 Å². The van der Waals surface area contributed by atoms with E-state index in [0.717, 1.165) is 44.2 Å². The molecule has 10 heteroatoms. The van der Waals surface area contributed by atoms with Crippen LogP contribution in [0.4, 0.5) is 4.39 Å². The third kappa shape index (κ3) is 4.85. The van der Waals surface area contributed by atoms with E-state index in [-0.39, 0.29) is 33.0 Å². The lowest BCUT2D eigenvalue weighted by Crippen LogP contribution is -2.37. The third-order valence-electron chi connectivity index (χ3n) is 4.83. The van der Waals surface area contributed by atoms with Crippen molar-refractivity contribution in [3.05, 3.63) is 27.7 Å². The molecule has 1 aromatic carbocycles. The Balaban J connectivity index is 1.92. The van der Waals surface area contributed by atoms with Crippen LogP contribution < -0.4 is 15.8 Å². The van der Waals surface area contributed by atoms with Crippen LogP contribution in [0.3, 0.4) is 0 Å². The lowest BCUT2D eigenvalue weighted by Gasteiger charge is -2.23. The molecule has 0 spiro atoms. The molecule has 0 unspecified atom stereocenters. The molecule has 2 saturated carbocycles. The smallest absolute Gasteiger partial charge is 0.252 e. The Kier molecular flexibility index (Phi) is 5.87. The Hall–Kier alpha value is -1.52. The van der Waals surface area contributed by atoms with Gasteiger partial charge < -0.3 is 10.6 Å². The predicted molar refractivity (Wildman–Crippen MR) is 101 cm³/mol. The molecule has 0 aliphatic heterocycles. The summed E-state index contributed by atoms with van der Waals surface area (Å²) in [7, 11) is -4.14. The topological polar surface area (TPSA) is 118 Å². The number of sulfonamides is 1. The number of nitrogens with two attached hydrogens (primary N) is 1. The van der Waals surface area contributed by atoms with Gasteiger partial charge >= 0.3 is 0 Å². The molecule has 2 amide bonds. The van der Waals surface area contributed by atoms with Gasteiger partial charge in [-0.25, -0.2) is 17.9 Å². The number of carbonyl (C=O) groups is 2. The van der Waals surface area contributed by atoms with E-state index in [1.54, 1.807) is 0 Å². The number of rotatable bonds is 5. The van der Waals surface area contributed by atoms with E-state index < -0.39 is 34.1 Å². The number of amides is 2. The monoisotopic (exact) mass is 461 g/mol. The molecule has 0 aromatic heterocycles. The van der Waals surface area contributed by atoms with Crippen molar-refractivity contribution >= 4 is 37.8 Å². The zero-order chi connectivity index (χ0) is 19.8. The molecule has 3 rings (SSSR count). The molecule has 148 valence electrons. The highest BCUT2D eigenvalue weighted by atomic mass is 79.9. The van der Waals surface area contributed by atoms with Crippen molar-refractivity contribution in [2.45, 2.75) is 61.7 Å². The molecular formula is C17H21BrFN3O4S. The summed E-state index contributed by atoms with van der Waals surface area (Å²) in [4.78, 5) is 24.8. The summed E-state index contributed by atoms with van der Waals surface area (Å²) in [5, 5.41) is 10.6. The Morgan fingerprint density at radius 3 is 2.07 bits per heavy atom. The maximum Gasteiger partial charge on any atom is 0.252 e. The molecule has 0 radical (unpaired) electrons. The average molecular weight is 462 g/mol. The molecule has 4 N–H and O–H groups in total. The van der Waals surface area contributed by atoms with Gasteiger partial charge in [-0.15, -0.1) is 0 Å². The normalized spacial score (nSPS) is 22.9. The van der Waals surface area contributed by atoms with Crippen molar-refractivity contribution < 1.29 is 22.4 Å². The minimum Gasteiger partial charge on any atom is -0.349 e. The fourth-order valence-corrected chi connectivity index (χ4v) is 4.32. The van der Waals surface area contributed by atoms with Crippen molar-refractivity contribution in [3.8, 4) is 0 Å². The van der Waals surface area contributed by atoms with Crippen molar-refractivity contribution in [3.63, 3.8) is 0 Å². The maximum absolute atomic E-state index is 13.1. The van der Waals surface area contributed by atoms with Crippen molar-refractivity contribution in [2.24, 2.45) is 5.14 Å². The van der Waals surface area contributed by atoms with E-state index >= 15 is 0 Å². The average Bonchev–Trinajstić information content (AvgIpc) is 3.29. The Morgan fingerprint density at radius 1 is 1.07 bits per heavy atom. The molecule has 27 heavy (non-hydrogen) atoms. The molecular weight excluding hydrogens is 441 g/mol. The SMILES string of the molecule is NS(=O)(=O)c1cc(C(=O)NC2CCCCC2)c(Br)c(C(=O)N[C@H]2C[C@H]2F)c1. The number of carbonyl (C=O) groups excluding carboxylic acids is 2. The first-order chi connectivity index (χ1) is 12.7. The standard InChI is InChI=1S/C17H21BrFN3O4S/c18-15-11(16(23)21-9-4-2-1-3-5-9)6-10(27(20,25)26)7-12(15)17(24)22-14-8-13(14)19/h6-7,9,13-14H,1-5,8H2,(H,21,23)(H,22,24)(H2,20,25,26)/t13-,14+/m1/s1. The molecule has 2 aliphatic carbocycles. The van der Waals surface area contributed by atoms with Crippen LogP contribution in [0.15, 0.2) is 21.5 Å². The van der Waals surface area contributed by atoms with Crippen LogP contribution in [0.25, 0.3) is 0 Å². The van der Waals surface area contributed by atoms with Gasteiger partial charge in [0.1, 0.15) is 6.17 Å². The Bertz CT molecular complexity index is 871. The molecule has 0 bridgehead atoms. The van der Waals surface area contributed by atoms with E-state index in [4.69, 9.17) is 5.14 Å². The van der Waals surface area contributed by atoms with Crippen molar-refractivity contribution in [1.82, 2.24) is 10.6 Å². The van der Waals surface area contributed by atoms with Crippen LogP contribution >= 0.6 is 15.9 Å². The van der Waals surface area contributed by atoms with Gasteiger partial charge in [0.25, 0.3) is 11.8 Å². The predicted octanol–water partition coefficient (Wildman–Crippen LogP) is 2.00. The van der Waals surface area contributed by atoms with Crippen molar-refractivity contribution in [2.75, 3.05) is 0 Å². The van der Waals surface area contributed by atoms with E-state index in [2.05, 4.69) is 26.6 Å². The number of primary sulfonamides is 1. The van der Waals surface area contributed by atoms with E-state index in [1.165, 1.54) is 0 Å². The fraction of sp³-hybridized carbons (Fsp3) is 0.529. The summed E-state index contributed by atoms with van der Waals surface area (Å²) >= 11 is 3.22. The van der Waals surface area contributed by atoms with E-state index in [9.17, 15) is 22.4 Å². The molecule has 0 heterocycles. The first-order valence-corrected chi connectivity index (χ1v) is 11.1. The first-order valence-electron chi connectivity index (χ1n) is 8.79. The molecule has 2 atom stereocenters. The summed E-state index contributed by atoms with van der Waals surface area (Å²) in [6, 6.07) is 1.64. The summed E-state index contributed by atoms with van der Waals surface area (Å²) in [5.74, 6) is -1.15. The van der Waals surface area contributed by atoms with Gasteiger partial charge in [0, 0.05) is 16.9 Å². The second-order valence-electron chi connectivity index (χ2n) is 7.02. The number of alkyl halides is 1. The summed E-state index contributed by atoms with van der Waals surface area (Å²) in [6.45, 7) is 0. The van der Waals surface area contributed by atoms with Crippen LogP contribution in [-0.2, 0) is 10.0 Å². The van der Waals surface area contributed by atoms with Crippen LogP contribution in [0.2, 0.25) is 0 Å². The first kappa shape index (κ1) is 20.2. The number of halogens is 2. The van der Waals surface area contributed by atoms with Gasteiger partial charge in [0.05, 0.1) is 22.1 Å². The highest BCUT2D eigenvalue weighted by Crippen LogP contribution is 2.29. The van der Waals surface area contributed by atoms with Gasteiger partial charge in [-0.3, -0.25) is 9.59 Å². The summed E-state index contributed by atoms with van der Waals surface area (Å²) < 4.78 is 36.9. The second-order valence-corrected chi connectivity index (χ2v) is 9.37. The van der Waals surface area contributed by atoms with Crippen LogP contribution in [0, 0.1) is 0 Å². The van der Waals surface area contributed by atoms with Gasteiger partial charge in [-0.05, 0) is 40.9 Å². The summed E-state index contributed by atoms with van der Waals surface area (Å²) in [6.07, 6.45) is 3.97. The Labute approximate surface area is 165 Å². The van der Waals surface area contributed by atoms with E-state index in [1.807, 2.05) is 0 Å². The number of benzene rings is 1. The largest absolute Gasteiger partial charge is 0.349 e. The highest BCUT2D eigenvalue weighted by Gasteiger charge is 2.39. The minimum absolute atomic E-state index is 0.00449. The molecule has 0 saturated heterocycles. The number of hydrogen-bond acceptors (Lipinski definition) is 4. The zero-order valence-corrected chi connectivity index (χ0v) is 16.9. The summed E-state index contributed by atoms with van der Waals surface area (Å²) in [5.41, 5.74) is -0.0701. The number of nitrogens with one attached hydrogen (secondary N) is 2. The lowest BCUT2D eigenvalue weighted by molar-refractivity contribution is 0.0926. The van der Waals surface area contributed by atoms with Crippen LogP contribution in [-0.4, -0.2) is 38.5 Å². The maximum atomic E-state index is 13.1. The van der Waals surface area contributed by atoms with Crippen molar-refractivity contribution in [1.29, 1.82) is 0 Å². The fourth-order valence-electron chi connectivity index (χ4n) is 3.16. The quantitative estimate of drug-likeness (QED) is 0.620. The highest BCUT2D eigenvalue weighted by molar-refractivity contribution is 9.10. The molecule has 7 nitrogen and oxygen atoms in total. The minimum atomic E-state index is -4.14. The van der Waals surface area contributed by atoms with Gasteiger partial charge in [0.15, 0.2) is 0 Å². The van der Waals surface area contributed by atoms with Gasteiger partial charge in [-0.2, -0.15) is 0 Å². The Morgan fingerprint density at radius 2 is 1.59 bits per heavy atom. The van der Waals surface area contributed by atoms with Crippen LogP contribution in [0.5, 0.6) is 0 Å².